The van der Waals surface area contributed by atoms with E-state index < -0.39 is 18.5 Å². The molecule has 0 aliphatic carbocycles. The second kappa shape index (κ2) is 5.05. The van der Waals surface area contributed by atoms with Gasteiger partial charge in [-0.2, -0.15) is 0 Å². The molecule has 0 heterocycles. The first kappa shape index (κ1) is 15.2. The number of rotatable bonds is 5. The van der Waals surface area contributed by atoms with Crippen LogP contribution in [0.15, 0.2) is 0 Å². The topological polar surface area (TPSA) is 67.2 Å². The fourth-order valence-corrected chi connectivity index (χ4v) is 7.50. The first-order chi connectivity index (χ1) is 6.52. The highest BCUT2D eigenvalue weighted by Gasteiger charge is 2.37. The Morgan fingerprint density at radius 2 is 1.80 bits per heavy atom. The molecule has 0 saturated heterocycles. The van der Waals surface area contributed by atoms with Gasteiger partial charge in [-0.05, 0) is 15.3 Å². The van der Waals surface area contributed by atoms with Gasteiger partial charge in [0.25, 0.3) is 0 Å². The number of nitrogens with two attached hydrogens (primary N) is 1. The second-order valence-corrected chi connectivity index (χ2v) is 13.4. The Labute approximate surface area is 96.2 Å². The molecule has 0 aromatic carbocycles. The molecular formula is C9H27N3OSSi. The quantitative estimate of drug-likeness (QED) is 0.428. The smallest absolute Gasteiger partial charge is 0.138 e. The molecule has 0 amide bonds. The van der Waals surface area contributed by atoms with Gasteiger partial charge in [0.1, 0.15) is 8.24 Å². The molecule has 0 spiro atoms. The molecule has 94 valence electrons. The molecule has 0 fully saturated rings. The summed E-state index contributed by atoms with van der Waals surface area (Å²) in [5.74, 6) is 0. The number of nitrogens with one attached hydrogen (secondary N) is 2. The third-order valence-corrected chi connectivity index (χ3v) is 11.4. The van der Waals surface area contributed by atoms with Crippen molar-refractivity contribution < 1.29 is 4.21 Å². The van der Waals surface area contributed by atoms with Crippen LogP contribution < -0.4 is 14.8 Å². The van der Waals surface area contributed by atoms with E-state index in [0.717, 1.165) is 0 Å². The van der Waals surface area contributed by atoms with Gasteiger partial charge in [-0.1, -0.05) is 33.9 Å². The van der Waals surface area contributed by atoms with Gasteiger partial charge in [-0.15, -0.1) is 0 Å². The molecule has 0 aliphatic heterocycles. The summed E-state index contributed by atoms with van der Waals surface area (Å²) in [6.45, 7) is 12.1. The first-order valence-corrected chi connectivity index (χ1v) is 10.5. The zero-order valence-electron chi connectivity index (χ0n) is 10.8. The maximum Gasteiger partial charge on any atom is 0.138 e. The van der Waals surface area contributed by atoms with Crippen molar-refractivity contribution in [3.63, 3.8) is 0 Å². The van der Waals surface area contributed by atoms with Crippen LogP contribution in [0.3, 0.4) is 0 Å². The SMILES string of the molecule is CC(C)(C)[Si](C)(C)N[SH](C)(=O)NCCN. The Hall–Kier alpha value is 0.247. The average molecular weight is 253 g/mol. The number of hydrogen-bond donors (Lipinski definition) is 4. The van der Waals surface area contributed by atoms with Crippen molar-refractivity contribution in [3.8, 4) is 0 Å². The van der Waals surface area contributed by atoms with E-state index in [-0.39, 0.29) is 5.04 Å². The standard InChI is InChI=1S/C9H27N3OSSi/c1-9(2,3)15(5,6)12-14(4,13)11-8-7-10/h14H,7-8,10H2,1-6H3,(H2,11,12,13). The van der Waals surface area contributed by atoms with E-state index in [2.05, 4.69) is 43.0 Å². The molecule has 0 aromatic heterocycles. The lowest BCUT2D eigenvalue weighted by Gasteiger charge is -2.41. The molecule has 4 N–H and O–H groups in total. The van der Waals surface area contributed by atoms with Gasteiger partial charge in [0.2, 0.25) is 0 Å². The van der Waals surface area contributed by atoms with E-state index in [4.69, 9.17) is 5.73 Å². The molecule has 0 aromatic rings. The predicted octanol–water partition coefficient (Wildman–Crippen LogP) is 0.606. The van der Waals surface area contributed by atoms with Crippen LogP contribution in [0.5, 0.6) is 0 Å². The minimum atomic E-state index is -2.45. The van der Waals surface area contributed by atoms with Crippen LogP contribution in [0.1, 0.15) is 20.8 Å². The normalized spacial score (nSPS) is 15.4. The third kappa shape index (κ3) is 5.21. The molecule has 0 radical (unpaired) electrons. The van der Waals surface area contributed by atoms with E-state index in [9.17, 15) is 4.21 Å². The summed E-state index contributed by atoms with van der Waals surface area (Å²) in [5, 5.41) is 0.184. The Morgan fingerprint density at radius 3 is 2.13 bits per heavy atom. The van der Waals surface area contributed by atoms with Crippen molar-refractivity contribution in [2.45, 2.75) is 38.9 Å². The van der Waals surface area contributed by atoms with Crippen molar-refractivity contribution in [1.29, 1.82) is 0 Å². The Kier molecular flexibility index (Phi) is 5.13. The maximum absolute atomic E-state index is 12.2. The minimum Gasteiger partial charge on any atom is -0.329 e. The molecule has 6 heteroatoms. The monoisotopic (exact) mass is 253 g/mol. The summed E-state index contributed by atoms with van der Waals surface area (Å²) in [7, 11) is -4.15. The Balaban J connectivity index is 4.51. The molecular weight excluding hydrogens is 226 g/mol. The summed E-state index contributed by atoms with van der Waals surface area (Å²) >= 11 is 0. The largest absolute Gasteiger partial charge is 0.329 e. The van der Waals surface area contributed by atoms with Crippen LogP contribution in [0.4, 0.5) is 0 Å². The highest BCUT2D eigenvalue weighted by atomic mass is 32.3. The molecule has 0 aliphatic rings. The summed E-state index contributed by atoms with van der Waals surface area (Å²) < 4.78 is 18.5. The lowest BCUT2D eigenvalue weighted by molar-refractivity contribution is 0.652. The molecule has 0 saturated carbocycles. The van der Waals surface area contributed by atoms with Gasteiger partial charge < -0.3 is 5.73 Å². The zero-order chi connectivity index (χ0) is 12.3. The van der Waals surface area contributed by atoms with Crippen molar-refractivity contribution >= 4 is 18.5 Å². The summed E-state index contributed by atoms with van der Waals surface area (Å²) in [5.41, 5.74) is 5.39. The molecule has 15 heavy (non-hydrogen) atoms. The van der Waals surface area contributed by atoms with Crippen molar-refractivity contribution in [1.82, 2.24) is 9.11 Å². The van der Waals surface area contributed by atoms with E-state index in [1.807, 2.05) is 0 Å². The van der Waals surface area contributed by atoms with Gasteiger partial charge in [-0.25, -0.2) is 4.72 Å². The third-order valence-electron chi connectivity index (χ3n) is 2.93. The lowest BCUT2D eigenvalue weighted by atomic mass is 10.2. The van der Waals surface area contributed by atoms with Crippen LogP contribution >= 0.6 is 0 Å². The zero-order valence-corrected chi connectivity index (χ0v) is 12.7. The van der Waals surface area contributed by atoms with E-state index in [1.165, 1.54) is 0 Å². The fraction of sp³-hybridized carbons (Fsp3) is 1.00. The predicted molar refractivity (Wildman–Crippen MR) is 72.9 cm³/mol. The van der Waals surface area contributed by atoms with Crippen LogP contribution in [0.2, 0.25) is 18.1 Å². The highest BCUT2D eigenvalue weighted by Crippen LogP contribution is 2.34. The molecule has 4 nitrogen and oxygen atoms in total. The van der Waals surface area contributed by atoms with Crippen molar-refractivity contribution in [3.05, 3.63) is 0 Å². The minimum absolute atomic E-state index is 0.184. The van der Waals surface area contributed by atoms with Crippen LogP contribution in [0, 0.1) is 0 Å². The summed E-state index contributed by atoms with van der Waals surface area (Å²) in [4.78, 5) is 0. The van der Waals surface area contributed by atoms with Crippen molar-refractivity contribution in [2.75, 3.05) is 19.3 Å². The van der Waals surface area contributed by atoms with Crippen molar-refractivity contribution in [2.24, 2.45) is 5.73 Å². The fourth-order valence-electron chi connectivity index (χ4n) is 1.02. The summed E-state index contributed by atoms with van der Waals surface area (Å²) in [6, 6.07) is 0. The molecule has 0 bridgehead atoms. The lowest BCUT2D eigenvalue weighted by Crippen LogP contribution is -2.60. The molecule has 0 atom stereocenters. The first-order valence-electron chi connectivity index (χ1n) is 5.34. The van der Waals surface area contributed by atoms with Gasteiger partial charge >= 0.3 is 0 Å². The number of thiol groups is 1. The van der Waals surface area contributed by atoms with E-state index in [1.54, 1.807) is 6.26 Å². The van der Waals surface area contributed by atoms with Crippen LogP contribution in [0.25, 0.3) is 0 Å². The van der Waals surface area contributed by atoms with E-state index >= 15 is 0 Å². The second-order valence-electron chi connectivity index (χ2n) is 5.61. The Bertz CT molecular complexity index is 250. The van der Waals surface area contributed by atoms with Crippen LogP contribution in [-0.4, -0.2) is 31.8 Å². The van der Waals surface area contributed by atoms with Gasteiger partial charge in [0.05, 0.1) is 0 Å². The van der Waals surface area contributed by atoms with Gasteiger partial charge in [0, 0.05) is 19.3 Å². The number of hydrogen-bond acceptors (Lipinski definition) is 2. The van der Waals surface area contributed by atoms with Gasteiger partial charge in [-0.3, -0.25) is 8.60 Å². The highest BCUT2D eigenvalue weighted by molar-refractivity contribution is 8.00. The molecule has 0 rings (SSSR count). The van der Waals surface area contributed by atoms with Gasteiger partial charge in [0.15, 0.2) is 0 Å². The molecule has 0 unspecified atom stereocenters. The van der Waals surface area contributed by atoms with Crippen LogP contribution in [-0.2, 0) is 10.3 Å². The maximum atomic E-state index is 12.2. The Morgan fingerprint density at radius 1 is 1.33 bits per heavy atom. The average Bonchev–Trinajstić information content (AvgIpc) is 1.96. The summed E-state index contributed by atoms with van der Waals surface area (Å²) in [6.07, 6.45) is 1.74. The van der Waals surface area contributed by atoms with E-state index in [0.29, 0.717) is 13.1 Å².